The van der Waals surface area contributed by atoms with Crippen molar-refractivity contribution in [3.05, 3.63) is 28.5 Å². The van der Waals surface area contributed by atoms with Crippen molar-refractivity contribution in [2.75, 3.05) is 37.0 Å². The van der Waals surface area contributed by atoms with Crippen LogP contribution in [0.5, 0.6) is 5.75 Å². The fourth-order valence-corrected chi connectivity index (χ4v) is 3.70. The van der Waals surface area contributed by atoms with Crippen LogP contribution >= 0.6 is 0 Å². The molecular formula is C22H32N6O6. The van der Waals surface area contributed by atoms with Crippen LogP contribution in [0.1, 0.15) is 51.0 Å². The molecule has 2 amide bonds. The lowest BCUT2D eigenvalue weighted by molar-refractivity contribution is 0.0205. The third-order valence-electron chi connectivity index (χ3n) is 5.40. The Morgan fingerprint density at radius 1 is 1.29 bits per heavy atom. The lowest BCUT2D eigenvalue weighted by atomic mass is 10.0. The highest BCUT2D eigenvalue weighted by molar-refractivity contribution is 6.04. The summed E-state index contributed by atoms with van der Waals surface area (Å²) in [5.41, 5.74) is -0.822. The van der Waals surface area contributed by atoms with E-state index in [0.29, 0.717) is 37.6 Å². The van der Waals surface area contributed by atoms with Crippen LogP contribution < -0.4 is 20.5 Å². The summed E-state index contributed by atoms with van der Waals surface area (Å²) in [6.07, 6.45) is 3.57. The number of rotatable bonds is 6. The van der Waals surface area contributed by atoms with Crippen LogP contribution in [0.2, 0.25) is 0 Å². The second-order valence-electron chi connectivity index (χ2n) is 9.06. The molecule has 1 aliphatic rings. The standard InChI is InChI=1S/C22H32N6O6/c1-7-32-17-16(18(29)24-14-12-23-33-13-14)25-20(27(6)19(17)30)26(5)15-8-10-28(11-9-15)21(31)34-22(2,3)4/h12-13,15H,7-11H2,1-6H3,(H,24,29). The van der Waals surface area contributed by atoms with Gasteiger partial charge in [-0.3, -0.25) is 14.2 Å². The van der Waals surface area contributed by atoms with Crippen molar-refractivity contribution in [3.63, 3.8) is 0 Å². The van der Waals surface area contributed by atoms with E-state index in [9.17, 15) is 14.4 Å². The Balaban J connectivity index is 1.82. The fraction of sp³-hybridized carbons (Fsp3) is 0.591. The van der Waals surface area contributed by atoms with E-state index < -0.39 is 17.1 Å². The van der Waals surface area contributed by atoms with Crippen LogP contribution in [-0.2, 0) is 11.8 Å². The molecule has 0 spiro atoms. The molecule has 0 radical (unpaired) electrons. The van der Waals surface area contributed by atoms with Crippen LogP contribution in [0.3, 0.4) is 0 Å². The van der Waals surface area contributed by atoms with E-state index >= 15 is 0 Å². The van der Waals surface area contributed by atoms with Crippen molar-refractivity contribution >= 4 is 23.6 Å². The number of likely N-dealkylation sites (tertiary alicyclic amines) is 1. The number of nitrogens with one attached hydrogen (secondary N) is 1. The lowest BCUT2D eigenvalue weighted by Crippen LogP contribution is -2.48. The molecule has 186 valence electrons. The minimum Gasteiger partial charge on any atom is -0.486 e. The minimum absolute atomic E-state index is 0.00344. The highest BCUT2D eigenvalue weighted by Crippen LogP contribution is 2.24. The molecule has 2 aromatic rings. The predicted molar refractivity (Wildman–Crippen MR) is 124 cm³/mol. The topological polar surface area (TPSA) is 132 Å². The molecule has 0 unspecified atom stereocenters. The Morgan fingerprint density at radius 2 is 1.97 bits per heavy atom. The van der Waals surface area contributed by atoms with Gasteiger partial charge in [0.2, 0.25) is 11.7 Å². The number of hydrogen-bond acceptors (Lipinski definition) is 9. The van der Waals surface area contributed by atoms with Gasteiger partial charge in [0.1, 0.15) is 17.6 Å². The summed E-state index contributed by atoms with van der Waals surface area (Å²) >= 11 is 0. The Morgan fingerprint density at radius 3 is 2.53 bits per heavy atom. The summed E-state index contributed by atoms with van der Waals surface area (Å²) in [5, 5.41) is 6.16. The van der Waals surface area contributed by atoms with Gasteiger partial charge in [0.15, 0.2) is 5.69 Å². The molecule has 1 saturated heterocycles. The Kier molecular flexibility index (Phi) is 7.48. The van der Waals surface area contributed by atoms with Crippen LogP contribution in [0.15, 0.2) is 21.8 Å². The highest BCUT2D eigenvalue weighted by atomic mass is 16.6. The van der Waals surface area contributed by atoms with E-state index in [1.807, 2.05) is 32.7 Å². The molecule has 3 heterocycles. The molecule has 1 aliphatic heterocycles. The SMILES string of the molecule is CCOc1c(C(=O)Nc2cnoc2)nc(N(C)C2CCN(C(=O)OC(C)(C)C)CC2)n(C)c1=O. The van der Waals surface area contributed by atoms with Crippen LogP contribution in [0.25, 0.3) is 0 Å². The molecular weight excluding hydrogens is 444 g/mol. The molecule has 34 heavy (non-hydrogen) atoms. The Labute approximate surface area is 197 Å². The molecule has 1 N–H and O–H groups in total. The predicted octanol–water partition coefficient (Wildman–Crippen LogP) is 2.25. The molecule has 2 aromatic heterocycles. The van der Waals surface area contributed by atoms with Gasteiger partial charge >= 0.3 is 6.09 Å². The second kappa shape index (κ2) is 10.1. The number of piperidine rings is 1. The van der Waals surface area contributed by atoms with Gasteiger partial charge < -0.3 is 29.1 Å². The summed E-state index contributed by atoms with van der Waals surface area (Å²) in [4.78, 5) is 46.4. The van der Waals surface area contributed by atoms with E-state index in [-0.39, 0.29) is 30.2 Å². The van der Waals surface area contributed by atoms with Gasteiger partial charge in [-0.2, -0.15) is 0 Å². The van der Waals surface area contributed by atoms with E-state index in [1.54, 1.807) is 18.9 Å². The van der Waals surface area contributed by atoms with Gasteiger partial charge in [-0.1, -0.05) is 5.16 Å². The summed E-state index contributed by atoms with van der Waals surface area (Å²) in [6.45, 7) is 8.44. The zero-order valence-corrected chi connectivity index (χ0v) is 20.5. The van der Waals surface area contributed by atoms with E-state index in [4.69, 9.17) is 14.0 Å². The zero-order chi connectivity index (χ0) is 25.0. The zero-order valence-electron chi connectivity index (χ0n) is 20.5. The number of ether oxygens (including phenoxy) is 2. The monoisotopic (exact) mass is 476 g/mol. The number of carbonyl (C=O) groups is 2. The first-order chi connectivity index (χ1) is 16.0. The van der Waals surface area contributed by atoms with Crippen molar-refractivity contribution < 1.29 is 23.6 Å². The number of anilines is 2. The molecule has 12 heteroatoms. The van der Waals surface area contributed by atoms with Crippen molar-refractivity contribution in [2.24, 2.45) is 7.05 Å². The highest BCUT2D eigenvalue weighted by Gasteiger charge is 2.31. The van der Waals surface area contributed by atoms with Gasteiger partial charge in [-0.25, -0.2) is 9.78 Å². The number of aromatic nitrogens is 3. The minimum atomic E-state index is -0.612. The van der Waals surface area contributed by atoms with Crippen molar-refractivity contribution in [1.29, 1.82) is 0 Å². The van der Waals surface area contributed by atoms with E-state index in [0.717, 1.165) is 0 Å². The van der Waals surface area contributed by atoms with E-state index in [1.165, 1.54) is 17.0 Å². The maximum Gasteiger partial charge on any atom is 0.410 e. The molecule has 0 atom stereocenters. The quantitative estimate of drug-likeness (QED) is 0.666. The van der Waals surface area contributed by atoms with Crippen molar-refractivity contribution in [3.8, 4) is 5.75 Å². The number of carbonyl (C=O) groups excluding carboxylic acids is 2. The summed E-state index contributed by atoms with van der Waals surface area (Å²) in [6, 6.07) is 0.00344. The summed E-state index contributed by atoms with van der Waals surface area (Å²) < 4.78 is 17.0. The number of hydrogen-bond donors (Lipinski definition) is 1. The van der Waals surface area contributed by atoms with Crippen molar-refractivity contribution in [1.82, 2.24) is 19.6 Å². The van der Waals surface area contributed by atoms with E-state index in [2.05, 4.69) is 15.5 Å². The van der Waals surface area contributed by atoms with Gasteiger partial charge in [-0.05, 0) is 40.5 Å². The smallest absolute Gasteiger partial charge is 0.410 e. The van der Waals surface area contributed by atoms with Crippen molar-refractivity contribution in [2.45, 2.75) is 52.2 Å². The largest absolute Gasteiger partial charge is 0.486 e. The van der Waals surface area contributed by atoms with Gasteiger partial charge in [-0.15, -0.1) is 0 Å². The molecule has 3 rings (SSSR count). The van der Waals surface area contributed by atoms with Crippen LogP contribution in [-0.4, -0.2) is 70.0 Å². The molecule has 0 aromatic carbocycles. The Bertz CT molecular complexity index is 1070. The third kappa shape index (κ3) is 5.67. The van der Waals surface area contributed by atoms with Crippen LogP contribution in [0.4, 0.5) is 16.4 Å². The number of nitrogens with zero attached hydrogens (tertiary/aromatic N) is 5. The molecule has 12 nitrogen and oxygen atoms in total. The average Bonchev–Trinajstić information content (AvgIpc) is 3.28. The number of amides is 2. The fourth-order valence-electron chi connectivity index (χ4n) is 3.70. The first-order valence-electron chi connectivity index (χ1n) is 11.2. The first kappa shape index (κ1) is 25.1. The maximum atomic E-state index is 13.1. The molecule has 0 bridgehead atoms. The normalized spacial score (nSPS) is 14.6. The maximum absolute atomic E-state index is 13.1. The second-order valence-corrected chi connectivity index (χ2v) is 9.06. The van der Waals surface area contributed by atoms with Crippen LogP contribution in [0, 0.1) is 0 Å². The third-order valence-corrected chi connectivity index (χ3v) is 5.40. The van der Waals surface area contributed by atoms with Gasteiger partial charge in [0.25, 0.3) is 11.5 Å². The Hall–Kier alpha value is -3.57. The summed E-state index contributed by atoms with van der Waals surface area (Å²) in [5.74, 6) is -0.422. The lowest BCUT2D eigenvalue weighted by Gasteiger charge is -2.38. The molecule has 1 fully saturated rings. The first-order valence-corrected chi connectivity index (χ1v) is 11.2. The van der Waals surface area contributed by atoms with Gasteiger partial charge in [0.05, 0.1) is 12.8 Å². The molecule has 0 saturated carbocycles. The average molecular weight is 477 g/mol. The summed E-state index contributed by atoms with van der Waals surface area (Å²) in [7, 11) is 3.40. The van der Waals surface area contributed by atoms with Gasteiger partial charge in [0, 0.05) is 33.2 Å². The molecule has 0 aliphatic carbocycles.